The maximum Gasteiger partial charge on any atom is 0.229 e. The highest BCUT2D eigenvalue weighted by atomic mass is 32.2. The maximum atomic E-state index is 12.2. The smallest absolute Gasteiger partial charge is 0.229 e. The van der Waals surface area contributed by atoms with Crippen LogP contribution in [0, 0.1) is 4.78 Å². The molecule has 5 aromatic rings. The molecule has 3 aromatic carbocycles. The third-order valence-corrected chi connectivity index (χ3v) is 7.32. The molecule has 0 fully saturated rings. The minimum absolute atomic E-state index is 0.402. The predicted molar refractivity (Wildman–Crippen MR) is 154 cm³/mol. The molecule has 4 N–H and O–H groups in total. The van der Waals surface area contributed by atoms with Gasteiger partial charge in [0.15, 0.2) is 0 Å². The van der Waals surface area contributed by atoms with Crippen LogP contribution in [0.4, 0.5) is 17.5 Å². The highest BCUT2D eigenvalue weighted by molar-refractivity contribution is 7.91. The molecule has 0 bridgehead atoms. The lowest BCUT2D eigenvalue weighted by atomic mass is 10.1. The number of hydrogen-bond acceptors (Lipinski definition) is 7. The van der Waals surface area contributed by atoms with Crippen LogP contribution in [0.25, 0.3) is 22.0 Å². The molecule has 2 heterocycles. The van der Waals surface area contributed by atoms with Crippen LogP contribution >= 0.6 is 0 Å². The van der Waals surface area contributed by atoms with Crippen LogP contribution < -0.4 is 15.4 Å². The summed E-state index contributed by atoms with van der Waals surface area (Å²) >= 11 is 0. The lowest BCUT2D eigenvalue weighted by Crippen LogP contribution is -2.09. The van der Waals surface area contributed by atoms with Gasteiger partial charge in [-0.05, 0) is 60.9 Å². The number of hydrogen-bond donors (Lipinski definition) is 4. The Hall–Kier alpha value is -4.37. The van der Waals surface area contributed by atoms with Crippen LogP contribution in [-0.4, -0.2) is 38.6 Å². The van der Waals surface area contributed by atoms with Crippen molar-refractivity contribution in [3.63, 3.8) is 0 Å². The Labute approximate surface area is 222 Å². The molecule has 0 saturated carbocycles. The van der Waals surface area contributed by atoms with E-state index in [2.05, 4.69) is 38.9 Å². The SMILES string of the molecule is CCOc1ccc(-c2cnc(Nc3cccc(S(C)(=N)=O)c3)nc2NCCc2c[nH]c3ccccc23)cc1. The molecular formula is C29H30N6O2S. The minimum atomic E-state index is -2.83. The summed E-state index contributed by atoms with van der Waals surface area (Å²) in [6, 6.07) is 23.1. The minimum Gasteiger partial charge on any atom is -0.494 e. The fourth-order valence-corrected chi connectivity index (χ4v) is 4.97. The molecule has 1 unspecified atom stereocenters. The Bertz CT molecular complexity index is 1660. The van der Waals surface area contributed by atoms with Gasteiger partial charge >= 0.3 is 0 Å². The van der Waals surface area contributed by atoms with Gasteiger partial charge in [-0.25, -0.2) is 14.0 Å². The van der Waals surface area contributed by atoms with E-state index >= 15 is 0 Å². The van der Waals surface area contributed by atoms with Gasteiger partial charge in [-0.15, -0.1) is 0 Å². The van der Waals surface area contributed by atoms with Crippen molar-refractivity contribution in [3.8, 4) is 16.9 Å². The quantitative estimate of drug-likeness (QED) is 0.166. The number of nitrogens with zero attached hydrogens (tertiary/aromatic N) is 2. The third-order valence-electron chi connectivity index (χ3n) is 6.17. The lowest BCUT2D eigenvalue weighted by molar-refractivity contribution is 0.340. The van der Waals surface area contributed by atoms with Gasteiger partial charge in [0, 0.05) is 52.2 Å². The Kier molecular flexibility index (Phi) is 7.28. The molecule has 9 heteroatoms. The summed E-state index contributed by atoms with van der Waals surface area (Å²) in [6.45, 7) is 3.24. The van der Waals surface area contributed by atoms with Crippen LogP contribution in [-0.2, 0) is 16.1 Å². The molecule has 8 nitrogen and oxygen atoms in total. The molecule has 0 saturated heterocycles. The fourth-order valence-electron chi connectivity index (χ4n) is 4.28. The molecule has 2 aromatic heterocycles. The zero-order valence-corrected chi connectivity index (χ0v) is 22.1. The summed E-state index contributed by atoms with van der Waals surface area (Å²) in [7, 11) is -2.83. The van der Waals surface area contributed by atoms with Crippen LogP contribution in [0.2, 0.25) is 0 Å². The average Bonchev–Trinajstić information content (AvgIpc) is 3.32. The van der Waals surface area contributed by atoms with Gasteiger partial charge in [-0.1, -0.05) is 36.4 Å². The second-order valence-corrected chi connectivity index (χ2v) is 11.1. The first-order valence-corrected chi connectivity index (χ1v) is 14.4. The van der Waals surface area contributed by atoms with E-state index in [0.717, 1.165) is 28.8 Å². The van der Waals surface area contributed by atoms with Gasteiger partial charge in [-0.3, -0.25) is 0 Å². The number of aromatic nitrogens is 3. The van der Waals surface area contributed by atoms with Gasteiger partial charge in [0.25, 0.3) is 0 Å². The Morgan fingerprint density at radius 1 is 1.05 bits per heavy atom. The summed E-state index contributed by atoms with van der Waals surface area (Å²) in [4.78, 5) is 13.1. The van der Waals surface area contributed by atoms with Crippen molar-refractivity contribution in [2.24, 2.45) is 0 Å². The summed E-state index contributed by atoms with van der Waals surface area (Å²) in [6.07, 6.45) is 6.06. The van der Waals surface area contributed by atoms with Crippen molar-refractivity contribution < 1.29 is 8.95 Å². The second kappa shape index (κ2) is 10.9. The summed E-state index contributed by atoms with van der Waals surface area (Å²) in [5.41, 5.74) is 4.86. The molecule has 0 aliphatic heterocycles. The van der Waals surface area contributed by atoms with E-state index in [4.69, 9.17) is 14.5 Å². The average molecular weight is 527 g/mol. The molecule has 194 valence electrons. The topological polar surface area (TPSA) is 116 Å². The predicted octanol–water partition coefficient (Wildman–Crippen LogP) is 6.46. The highest BCUT2D eigenvalue weighted by Gasteiger charge is 2.12. The first-order chi connectivity index (χ1) is 18.4. The largest absolute Gasteiger partial charge is 0.494 e. The van der Waals surface area contributed by atoms with Crippen molar-refractivity contribution in [3.05, 3.63) is 90.8 Å². The van der Waals surface area contributed by atoms with Gasteiger partial charge in [0.1, 0.15) is 11.6 Å². The Balaban J connectivity index is 1.42. The van der Waals surface area contributed by atoms with E-state index in [-0.39, 0.29) is 0 Å². The zero-order valence-electron chi connectivity index (χ0n) is 21.3. The second-order valence-electron chi connectivity index (χ2n) is 8.95. The number of fused-ring (bicyclic) bond motifs is 1. The van der Waals surface area contributed by atoms with E-state index in [9.17, 15) is 4.21 Å². The van der Waals surface area contributed by atoms with Crippen LogP contribution in [0.1, 0.15) is 12.5 Å². The summed E-state index contributed by atoms with van der Waals surface area (Å²) < 4.78 is 25.7. The van der Waals surface area contributed by atoms with E-state index in [1.54, 1.807) is 24.4 Å². The highest BCUT2D eigenvalue weighted by Crippen LogP contribution is 2.30. The van der Waals surface area contributed by atoms with Crippen molar-refractivity contribution in [1.82, 2.24) is 15.0 Å². The Morgan fingerprint density at radius 3 is 2.66 bits per heavy atom. The van der Waals surface area contributed by atoms with E-state index in [1.165, 1.54) is 17.2 Å². The lowest BCUT2D eigenvalue weighted by Gasteiger charge is -2.14. The molecule has 0 radical (unpaired) electrons. The molecule has 1 atom stereocenters. The normalized spacial score (nSPS) is 12.7. The molecule has 5 rings (SSSR count). The Morgan fingerprint density at radius 2 is 1.87 bits per heavy atom. The number of nitrogens with one attached hydrogen (secondary N) is 4. The third kappa shape index (κ3) is 5.78. The number of H-pyrrole nitrogens is 1. The van der Waals surface area contributed by atoms with Crippen LogP contribution in [0.5, 0.6) is 5.75 Å². The van der Waals surface area contributed by atoms with Gasteiger partial charge in [-0.2, -0.15) is 4.98 Å². The molecular weight excluding hydrogens is 496 g/mol. The van der Waals surface area contributed by atoms with Crippen molar-refractivity contribution in [1.29, 1.82) is 4.78 Å². The van der Waals surface area contributed by atoms with Gasteiger partial charge in [0.2, 0.25) is 5.95 Å². The van der Waals surface area contributed by atoms with Crippen LogP contribution in [0.3, 0.4) is 0 Å². The molecule has 0 aliphatic carbocycles. The number of rotatable bonds is 10. The van der Waals surface area contributed by atoms with E-state index < -0.39 is 9.73 Å². The first-order valence-electron chi connectivity index (χ1n) is 12.4. The maximum absolute atomic E-state index is 12.2. The zero-order chi connectivity index (χ0) is 26.5. The first kappa shape index (κ1) is 25.3. The molecule has 0 spiro atoms. The fraction of sp³-hybridized carbons (Fsp3) is 0.172. The monoisotopic (exact) mass is 526 g/mol. The standard InChI is InChI=1S/C29H30N6O2S/c1-3-37-23-13-11-20(12-14-23)26-19-33-29(34-22-7-6-8-24(17-22)38(2,30)36)35-28(26)31-16-15-21-18-32-27-10-5-4-9-25(21)27/h4-14,17-19,30,32H,3,15-16H2,1-2H3,(H2,31,33,34,35). The van der Waals surface area contributed by atoms with Gasteiger partial charge in [0.05, 0.1) is 16.3 Å². The van der Waals surface area contributed by atoms with E-state index in [0.29, 0.717) is 35.5 Å². The van der Waals surface area contributed by atoms with E-state index in [1.807, 2.05) is 49.4 Å². The summed E-state index contributed by atoms with van der Waals surface area (Å²) in [5.74, 6) is 1.91. The van der Waals surface area contributed by atoms with Crippen molar-refractivity contribution >= 4 is 38.1 Å². The van der Waals surface area contributed by atoms with Crippen LogP contribution in [0.15, 0.2) is 90.1 Å². The number of aromatic amines is 1. The number of para-hydroxylation sites is 1. The molecule has 0 amide bonds. The number of anilines is 3. The molecule has 0 aliphatic rings. The number of benzene rings is 3. The van der Waals surface area contributed by atoms with Gasteiger partial charge < -0.3 is 20.4 Å². The summed E-state index contributed by atoms with van der Waals surface area (Å²) in [5, 5.41) is 7.91. The number of ether oxygens (including phenoxy) is 1. The molecule has 38 heavy (non-hydrogen) atoms. The van der Waals surface area contributed by atoms with Crippen molar-refractivity contribution in [2.45, 2.75) is 18.2 Å². The van der Waals surface area contributed by atoms with Crippen molar-refractivity contribution in [2.75, 3.05) is 30.0 Å².